The van der Waals surface area contributed by atoms with E-state index in [4.69, 9.17) is 19.2 Å². The van der Waals surface area contributed by atoms with E-state index in [1.807, 2.05) is 19.1 Å². The molecule has 4 aromatic rings. The monoisotopic (exact) mass is 628 g/mol. The van der Waals surface area contributed by atoms with Crippen LogP contribution in [0.15, 0.2) is 54.6 Å². The summed E-state index contributed by atoms with van der Waals surface area (Å²) >= 11 is 0. The third-order valence-electron chi connectivity index (χ3n) is 8.75. The molecule has 1 aliphatic rings. The van der Waals surface area contributed by atoms with Crippen molar-refractivity contribution >= 4 is 29.1 Å². The summed E-state index contributed by atoms with van der Waals surface area (Å²) in [5.41, 5.74) is 6.20. The first-order valence-electron chi connectivity index (χ1n) is 15.1. The maximum Gasteiger partial charge on any atom is 0.420 e. The molecule has 1 aliphatic heterocycles. The number of nitrogens with one attached hydrogen (secondary N) is 1. The number of benzene rings is 3. The van der Waals surface area contributed by atoms with Gasteiger partial charge in [0.05, 0.1) is 31.3 Å². The van der Waals surface area contributed by atoms with Crippen molar-refractivity contribution in [3.05, 3.63) is 77.1 Å². The van der Waals surface area contributed by atoms with Crippen molar-refractivity contribution in [2.45, 2.75) is 33.7 Å². The van der Waals surface area contributed by atoms with E-state index >= 15 is 4.39 Å². The Morgan fingerprint density at radius 3 is 2.46 bits per heavy atom. The number of methoxy groups -OCH3 is 2. The summed E-state index contributed by atoms with van der Waals surface area (Å²) in [4.78, 5) is 28.3. The maximum atomic E-state index is 15.4. The summed E-state index contributed by atoms with van der Waals surface area (Å²) in [6.45, 7) is 10.6. The van der Waals surface area contributed by atoms with Gasteiger partial charge in [0, 0.05) is 56.1 Å². The van der Waals surface area contributed by atoms with Crippen LogP contribution >= 0.6 is 0 Å². The van der Waals surface area contributed by atoms with Gasteiger partial charge in [0.1, 0.15) is 17.3 Å². The molecule has 242 valence electrons. The van der Waals surface area contributed by atoms with Crippen LogP contribution in [-0.2, 0) is 0 Å². The van der Waals surface area contributed by atoms with E-state index in [0.29, 0.717) is 40.3 Å². The van der Waals surface area contributed by atoms with Gasteiger partial charge in [-0.3, -0.25) is 4.90 Å². The predicted octanol–water partition coefficient (Wildman–Crippen LogP) is 6.74. The SMILES string of the molecule is COc1ccc(OC)c(N(C)C(=O)Oc2cc(-c3ccc(C)c(C)c3C)nc(Nc3ccc(N4CCN(C)C(C)C4)c(F)c3)n2)c1. The average Bonchev–Trinajstić information content (AvgIpc) is 3.04. The molecule has 0 spiro atoms. The molecule has 3 aromatic carbocycles. The lowest BCUT2D eigenvalue weighted by molar-refractivity contribution is 0.207. The molecule has 10 nitrogen and oxygen atoms in total. The molecule has 1 atom stereocenters. The van der Waals surface area contributed by atoms with Crippen LogP contribution in [0.2, 0.25) is 0 Å². The van der Waals surface area contributed by atoms with Crippen LogP contribution in [0.25, 0.3) is 11.3 Å². The number of hydrogen-bond donors (Lipinski definition) is 1. The van der Waals surface area contributed by atoms with Gasteiger partial charge in [0.15, 0.2) is 0 Å². The molecular weight excluding hydrogens is 587 g/mol. The second-order valence-corrected chi connectivity index (χ2v) is 11.6. The zero-order valence-corrected chi connectivity index (χ0v) is 27.6. The van der Waals surface area contributed by atoms with E-state index in [0.717, 1.165) is 41.9 Å². The first-order valence-corrected chi connectivity index (χ1v) is 15.1. The highest BCUT2D eigenvalue weighted by atomic mass is 19.1. The van der Waals surface area contributed by atoms with E-state index in [9.17, 15) is 4.79 Å². The number of aryl methyl sites for hydroxylation is 1. The number of amides is 1. The number of hydrogen-bond acceptors (Lipinski definition) is 9. The normalized spacial score (nSPS) is 15.0. The highest BCUT2D eigenvalue weighted by molar-refractivity contribution is 5.91. The van der Waals surface area contributed by atoms with Crippen molar-refractivity contribution in [1.82, 2.24) is 14.9 Å². The zero-order valence-electron chi connectivity index (χ0n) is 27.6. The summed E-state index contributed by atoms with van der Waals surface area (Å²) in [6, 6.07) is 16.1. The fraction of sp³-hybridized carbons (Fsp3) is 0.343. The fourth-order valence-corrected chi connectivity index (χ4v) is 5.46. The van der Waals surface area contributed by atoms with Gasteiger partial charge in [-0.05, 0) is 81.8 Å². The van der Waals surface area contributed by atoms with Crippen LogP contribution < -0.4 is 29.3 Å². The van der Waals surface area contributed by atoms with Crippen LogP contribution in [0.1, 0.15) is 23.6 Å². The van der Waals surface area contributed by atoms with E-state index in [2.05, 4.69) is 47.9 Å². The molecule has 0 saturated carbocycles. The Kier molecular flexibility index (Phi) is 9.62. The summed E-state index contributed by atoms with van der Waals surface area (Å²) in [6.07, 6.45) is -0.698. The van der Waals surface area contributed by atoms with Gasteiger partial charge in [-0.1, -0.05) is 12.1 Å². The molecule has 1 amide bonds. The number of nitrogens with zero attached hydrogens (tertiary/aromatic N) is 5. The standard InChI is InChI=1S/C35H41FN6O4/c1-21-9-12-27(24(4)23(21)3)29-19-33(46-35(43)41(6)31-18-26(44-7)11-14-32(31)45-8)39-34(38-29)37-25-10-13-30(28(36)17-25)42-16-15-40(5)22(2)20-42/h9-14,17-19,22H,15-16,20H2,1-8H3,(H,37,38,39). The third kappa shape index (κ3) is 6.84. The van der Waals surface area contributed by atoms with Crippen molar-refractivity contribution in [3.63, 3.8) is 0 Å². The van der Waals surface area contributed by atoms with E-state index in [1.165, 1.54) is 18.1 Å². The summed E-state index contributed by atoms with van der Waals surface area (Å²) < 4.78 is 32.0. The zero-order chi connectivity index (χ0) is 33.1. The molecule has 5 rings (SSSR count). The lowest BCUT2D eigenvalue weighted by atomic mass is 9.97. The summed E-state index contributed by atoms with van der Waals surface area (Å²) in [5.74, 6) is 0.848. The van der Waals surface area contributed by atoms with Crippen LogP contribution in [0.3, 0.4) is 0 Å². The molecule has 11 heteroatoms. The van der Waals surface area contributed by atoms with Gasteiger partial charge >= 0.3 is 6.09 Å². The molecule has 2 heterocycles. The summed E-state index contributed by atoms with van der Waals surface area (Å²) in [5, 5.41) is 3.12. The van der Waals surface area contributed by atoms with Gasteiger partial charge in [-0.2, -0.15) is 4.98 Å². The van der Waals surface area contributed by atoms with Crippen molar-refractivity contribution in [2.24, 2.45) is 0 Å². The van der Waals surface area contributed by atoms with Gasteiger partial charge < -0.3 is 29.3 Å². The second-order valence-electron chi connectivity index (χ2n) is 11.6. The molecule has 0 aliphatic carbocycles. The maximum absolute atomic E-state index is 15.4. The Bertz CT molecular complexity index is 1750. The number of piperazine rings is 1. The Balaban J connectivity index is 1.47. The van der Waals surface area contributed by atoms with E-state index in [1.54, 1.807) is 50.6 Å². The Morgan fingerprint density at radius 2 is 1.76 bits per heavy atom. The molecule has 1 saturated heterocycles. The Hall–Kier alpha value is -4.90. The number of aromatic nitrogens is 2. The first-order chi connectivity index (χ1) is 22.0. The van der Waals surface area contributed by atoms with Gasteiger partial charge in [-0.15, -0.1) is 0 Å². The topological polar surface area (TPSA) is 92.3 Å². The minimum Gasteiger partial charge on any atom is -0.497 e. The lowest BCUT2D eigenvalue weighted by Crippen LogP contribution is -2.50. The first kappa shape index (κ1) is 32.5. The molecule has 46 heavy (non-hydrogen) atoms. The fourth-order valence-electron chi connectivity index (χ4n) is 5.46. The number of likely N-dealkylation sites (N-methyl/N-ethyl adjacent to an activating group) is 1. The minimum absolute atomic E-state index is 0.0207. The molecule has 0 radical (unpaired) electrons. The van der Waals surface area contributed by atoms with Crippen LogP contribution in [0, 0.1) is 26.6 Å². The number of carbonyl (C=O) groups is 1. The van der Waals surface area contributed by atoms with E-state index in [-0.39, 0.29) is 17.6 Å². The van der Waals surface area contributed by atoms with Crippen molar-refractivity contribution in [2.75, 3.05) is 63.1 Å². The van der Waals surface area contributed by atoms with Crippen molar-refractivity contribution in [3.8, 4) is 28.6 Å². The number of anilines is 4. The number of ether oxygens (including phenoxy) is 3. The predicted molar refractivity (Wildman–Crippen MR) is 180 cm³/mol. The van der Waals surface area contributed by atoms with Crippen molar-refractivity contribution in [1.29, 1.82) is 0 Å². The third-order valence-corrected chi connectivity index (χ3v) is 8.75. The summed E-state index contributed by atoms with van der Waals surface area (Å²) in [7, 11) is 6.71. The molecule has 1 fully saturated rings. The Labute approximate surface area is 269 Å². The van der Waals surface area contributed by atoms with Crippen LogP contribution in [-0.4, -0.2) is 75.0 Å². The lowest BCUT2D eigenvalue weighted by Gasteiger charge is -2.39. The number of rotatable bonds is 8. The molecule has 1 N–H and O–H groups in total. The van der Waals surface area contributed by atoms with Crippen molar-refractivity contribution < 1.29 is 23.4 Å². The molecule has 1 unspecified atom stereocenters. The van der Waals surface area contributed by atoms with Crippen LogP contribution in [0.5, 0.6) is 17.4 Å². The highest BCUT2D eigenvalue weighted by Crippen LogP contribution is 2.34. The Morgan fingerprint density at radius 1 is 0.978 bits per heavy atom. The highest BCUT2D eigenvalue weighted by Gasteiger charge is 2.24. The van der Waals surface area contributed by atoms with E-state index < -0.39 is 6.09 Å². The van der Waals surface area contributed by atoms with Gasteiger partial charge in [0.2, 0.25) is 11.8 Å². The molecular formula is C35H41FN6O4. The van der Waals surface area contributed by atoms with Gasteiger partial charge in [-0.25, -0.2) is 14.2 Å². The smallest absolute Gasteiger partial charge is 0.420 e. The average molecular weight is 629 g/mol. The minimum atomic E-state index is -0.698. The van der Waals surface area contributed by atoms with Gasteiger partial charge in [0.25, 0.3) is 0 Å². The van der Waals surface area contributed by atoms with Crippen LogP contribution in [0.4, 0.5) is 32.2 Å². The number of carbonyl (C=O) groups excluding carboxylic acids is 1. The second kappa shape index (κ2) is 13.6. The largest absolute Gasteiger partial charge is 0.497 e. The molecule has 0 bridgehead atoms. The number of halogens is 1. The quantitative estimate of drug-likeness (QED) is 0.228. The molecule has 1 aromatic heterocycles.